The summed E-state index contributed by atoms with van der Waals surface area (Å²) in [6.45, 7) is 4.12. The molecule has 28 heavy (non-hydrogen) atoms. The molecule has 0 aliphatic rings. The Morgan fingerprint density at radius 1 is 0.964 bits per heavy atom. The molecule has 1 aromatic heterocycles. The summed E-state index contributed by atoms with van der Waals surface area (Å²) in [6, 6.07) is 21.5. The summed E-state index contributed by atoms with van der Waals surface area (Å²) < 4.78 is 6.84. The molecule has 3 aromatic carbocycles. The number of para-hydroxylation sites is 1. The van der Waals surface area contributed by atoms with Crippen molar-refractivity contribution in [1.82, 2.24) is 4.98 Å². The summed E-state index contributed by atoms with van der Waals surface area (Å²) in [4.78, 5) is 16.9. The molecule has 4 rings (SSSR count). The first-order valence-electron chi connectivity index (χ1n) is 9.06. The van der Waals surface area contributed by atoms with Crippen LogP contribution in [-0.4, -0.2) is 10.9 Å². The highest BCUT2D eigenvalue weighted by atomic mass is 32.1. The van der Waals surface area contributed by atoms with E-state index in [1.54, 1.807) is 0 Å². The van der Waals surface area contributed by atoms with Crippen molar-refractivity contribution < 1.29 is 9.53 Å². The zero-order valence-electron chi connectivity index (χ0n) is 15.7. The number of hydrogen-bond acceptors (Lipinski definition) is 4. The van der Waals surface area contributed by atoms with Crippen molar-refractivity contribution >= 4 is 32.6 Å². The zero-order chi connectivity index (χ0) is 19.5. The Morgan fingerprint density at radius 3 is 2.57 bits per heavy atom. The van der Waals surface area contributed by atoms with Crippen LogP contribution in [0.4, 0.5) is 5.13 Å². The van der Waals surface area contributed by atoms with Crippen LogP contribution in [-0.2, 0) is 11.2 Å². The fourth-order valence-electron chi connectivity index (χ4n) is 2.91. The molecule has 5 heteroatoms. The Morgan fingerprint density at radius 2 is 1.79 bits per heavy atom. The topological polar surface area (TPSA) is 51.2 Å². The third kappa shape index (κ3) is 4.21. The maximum atomic E-state index is 12.4. The number of hydrogen-bond donors (Lipinski definition) is 1. The van der Waals surface area contributed by atoms with Crippen molar-refractivity contribution in [2.24, 2.45) is 0 Å². The van der Waals surface area contributed by atoms with Crippen molar-refractivity contribution in [2.45, 2.75) is 20.3 Å². The van der Waals surface area contributed by atoms with Crippen LogP contribution in [0.15, 0.2) is 66.7 Å². The van der Waals surface area contributed by atoms with E-state index in [0.29, 0.717) is 11.6 Å². The van der Waals surface area contributed by atoms with Crippen LogP contribution in [0.1, 0.15) is 16.7 Å². The van der Waals surface area contributed by atoms with Gasteiger partial charge in [0.1, 0.15) is 11.5 Å². The predicted molar refractivity (Wildman–Crippen MR) is 114 cm³/mol. The molecular formula is C23H20N2O2S. The van der Waals surface area contributed by atoms with Gasteiger partial charge >= 0.3 is 0 Å². The molecule has 0 atom stereocenters. The number of benzene rings is 3. The highest BCUT2D eigenvalue weighted by Gasteiger charge is 2.10. The third-order valence-corrected chi connectivity index (χ3v) is 5.45. The number of nitrogens with one attached hydrogen (secondary N) is 1. The molecule has 1 heterocycles. The average molecular weight is 388 g/mol. The Balaban J connectivity index is 1.46. The number of aryl methyl sites for hydroxylation is 2. The van der Waals surface area contributed by atoms with Gasteiger partial charge < -0.3 is 10.1 Å². The van der Waals surface area contributed by atoms with Gasteiger partial charge in [-0.15, -0.1) is 0 Å². The number of fused-ring (bicyclic) bond motifs is 1. The number of ether oxygens (including phenoxy) is 1. The lowest BCUT2D eigenvalue weighted by molar-refractivity contribution is -0.115. The molecule has 0 bridgehead atoms. The number of carbonyl (C=O) groups excluding carboxylic acids is 1. The number of rotatable bonds is 5. The first-order chi connectivity index (χ1) is 13.6. The molecule has 0 spiro atoms. The molecule has 1 amide bonds. The van der Waals surface area contributed by atoms with Crippen LogP contribution in [0.25, 0.3) is 10.2 Å². The average Bonchev–Trinajstić information content (AvgIpc) is 3.07. The molecular weight excluding hydrogens is 368 g/mol. The number of thiazole rings is 1. The summed E-state index contributed by atoms with van der Waals surface area (Å²) in [5.41, 5.74) is 4.26. The van der Waals surface area contributed by atoms with E-state index >= 15 is 0 Å². The Bertz CT molecular complexity index is 1140. The van der Waals surface area contributed by atoms with Crippen molar-refractivity contribution in [1.29, 1.82) is 0 Å². The second kappa shape index (κ2) is 7.82. The van der Waals surface area contributed by atoms with Gasteiger partial charge in [-0.3, -0.25) is 4.79 Å². The van der Waals surface area contributed by atoms with E-state index in [1.807, 2.05) is 60.7 Å². The van der Waals surface area contributed by atoms with Crippen LogP contribution in [0.3, 0.4) is 0 Å². The third-order valence-electron chi connectivity index (χ3n) is 4.52. The van der Waals surface area contributed by atoms with Gasteiger partial charge in [0.25, 0.3) is 0 Å². The summed E-state index contributed by atoms with van der Waals surface area (Å²) in [5, 5.41) is 3.51. The van der Waals surface area contributed by atoms with Crippen molar-refractivity contribution in [3.05, 3.63) is 83.4 Å². The molecule has 0 fully saturated rings. The van der Waals surface area contributed by atoms with Gasteiger partial charge in [0.15, 0.2) is 5.13 Å². The number of amides is 1. The van der Waals surface area contributed by atoms with Crippen molar-refractivity contribution in [3.8, 4) is 11.5 Å². The van der Waals surface area contributed by atoms with E-state index in [0.717, 1.165) is 27.3 Å². The molecule has 0 aliphatic heterocycles. The molecule has 0 unspecified atom stereocenters. The summed E-state index contributed by atoms with van der Waals surface area (Å²) in [7, 11) is 0. The lowest BCUT2D eigenvalue weighted by Gasteiger charge is -2.05. The SMILES string of the molecule is Cc1ccc(CC(=O)Nc2nc3ccc(Oc4ccccc4)cc3s2)cc1C. The molecule has 1 N–H and O–H groups in total. The van der Waals surface area contributed by atoms with Gasteiger partial charge in [-0.1, -0.05) is 47.7 Å². The zero-order valence-corrected chi connectivity index (χ0v) is 16.5. The molecule has 0 saturated carbocycles. The van der Waals surface area contributed by atoms with E-state index in [9.17, 15) is 4.79 Å². The fraction of sp³-hybridized carbons (Fsp3) is 0.130. The van der Waals surface area contributed by atoms with E-state index in [2.05, 4.69) is 30.2 Å². The van der Waals surface area contributed by atoms with E-state index in [-0.39, 0.29) is 5.91 Å². The lowest BCUT2D eigenvalue weighted by Crippen LogP contribution is -2.14. The minimum Gasteiger partial charge on any atom is -0.457 e. The van der Waals surface area contributed by atoms with Crippen molar-refractivity contribution in [3.63, 3.8) is 0 Å². The summed E-state index contributed by atoms with van der Waals surface area (Å²) in [6.07, 6.45) is 0.333. The number of carbonyl (C=O) groups is 1. The van der Waals surface area contributed by atoms with Crippen LogP contribution >= 0.6 is 11.3 Å². The first kappa shape index (κ1) is 18.2. The maximum Gasteiger partial charge on any atom is 0.230 e. The first-order valence-corrected chi connectivity index (χ1v) is 9.88. The Kier molecular flexibility index (Phi) is 5.08. The second-order valence-corrected chi connectivity index (χ2v) is 7.74. The molecule has 0 radical (unpaired) electrons. The molecule has 4 aromatic rings. The van der Waals surface area contributed by atoms with Crippen LogP contribution in [0.5, 0.6) is 11.5 Å². The van der Waals surface area contributed by atoms with Gasteiger partial charge in [-0.05, 0) is 54.8 Å². The highest BCUT2D eigenvalue weighted by molar-refractivity contribution is 7.22. The van der Waals surface area contributed by atoms with E-state index in [1.165, 1.54) is 22.5 Å². The molecule has 140 valence electrons. The highest BCUT2D eigenvalue weighted by Crippen LogP contribution is 2.31. The number of aromatic nitrogens is 1. The minimum absolute atomic E-state index is 0.0666. The minimum atomic E-state index is -0.0666. The smallest absolute Gasteiger partial charge is 0.230 e. The molecule has 0 saturated heterocycles. The fourth-order valence-corrected chi connectivity index (χ4v) is 3.82. The van der Waals surface area contributed by atoms with Crippen LogP contribution in [0.2, 0.25) is 0 Å². The Labute approximate surface area is 167 Å². The second-order valence-electron chi connectivity index (χ2n) is 6.71. The number of nitrogens with zero attached hydrogens (tertiary/aromatic N) is 1. The predicted octanol–water partition coefficient (Wildman–Crippen LogP) is 5.89. The quantitative estimate of drug-likeness (QED) is 0.464. The normalized spacial score (nSPS) is 10.8. The van der Waals surface area contributed by atoms with E-state index in [4.69, 9.17) is 4.74 Å². The summed E-state index contributed by atoms with van der Waals surface area (Å²) >= 11 is 1.44. The van der Waals surface area contributed by atoms with Crippen LogP contribution in [0, 0.1) is 13.8 Å². The molecule has 0 aliphatic carbocycles. The molecule has 4 nitrogen and oxygen atoms in total. The largest absolute Gasteiger partial charge is 0.457 e. The summed E-state index contributed by atoms with van der Waals surface area (Å²) in [5.74, 6) is 1.46. The van der Waals surface area contributed by atoms with Gasteiger partial charge in [0.05, 0.1) is 16.6 Å². The van der Waals surface area contributed by atoms with Gasteiger partial charge in [-0.2, -0.15) is 0 Å². The van der Waals surface area contributed by atoms with Gasteiger partial charge in [-0.25, -0.2) is 4.98 Å². The Hall–Kier alpha value is -3.18. The van der Waals surface area contributed by atoms with Gasteiger partial charge in [0, 0.05) is 6.07 Å². The monoisotopic (exact) mass is 388 g/mol. The maximum absolute atomic E-state index is 12.4. The lowest BCUT2D eigenvalue weighted by atomic mass is 10.0. The number of anilines is 1. The standard InChI is InChI=1S/C23H20N2O2S/c1-15-8-9-17(12-16(15)2)13-22(26)25-23-24-20-11-10-19(14-21(20)28-23)27-18-6-4-3-5-7-18/h3-12,14H,13H2,1-2H3,(H,24,25,26). The van der Waals surface area contributed by atoms with Crippen molar-refractivity contribution in [2.75, 3.05) is 5.32 Å². The van der Waals surface area contributed by atoms with Crippen LogP contribution < -0.4 is 10.1 Å². The van der Waals surface area contributed by atoms with Gasteiger partial charge in [0.2, 0.25) is 5.91 Å². The van der Waals surface area contributed by atoms with E-state index < -0.39 is 0 Å².